The van der Waals surface area contributed by atoms with Crippen LogP contribution in [-0.4, -0.2) is 16.5 Å². The van der Waals surface area contributed by atoms with Crippen molar-refractivity contribution in [2.45, 2.75) is 24.9 Å². The fourth-order valence-electron chi connectivity index (χ4n) is 2.21. The summed E-state index contributed by atoms with van der Waals surface area (Å²) >= 11 is 8.94. The van der Waals surface area contributed by atoms with Crippen LogP contribution in [0.2, 0.25) is 0 Å². The number of halogens is 2. The first-order chi connectivity index (χ1) is 10.2. The Balaban J connectivity index is 2.04. The van der Waals surface area contributed by atoms with Crippen molar-refractivity contribution >= 4 is 49.4 Å². The molecule has 6 heteroatoms. The van der Waals surface area contributed by atoms with Gasteiger partial charge >= 0.3 is 0 Å². The van der Waals surface area contributed by atoms with E-state index >= 15 is 0 Å². The summed E-state index contributed by atoms with van der Waals surface area (Å²) < 4.78 is 2.05. The molecule has 21 heavy (non-hydrogen) atoms. The highest BCUT2D eigenvalue weighted by Gasteiger charge is 2.20. The average molecular weight is 429 g/mol. The summed E-state index contributed by atoms with van der Waals surface area (Å²) in [6, 6.07) is 6.11. The number of nitrogens with zero attached hydrogens (tertiary/aromatic N) is 2. The monoisotopic (exact) mass is 427 g/mol. The molecule has 1 aromatic heterocycles. The minimum absolute atomic E-state index is 0.794. The second-order valence-electron chi connectivity index (χ2n) is 4.87. The maximum atomic E-state index is 4.75. The number of hydrogen-bond acceptors (Lipinski definition) is 4. The SMILES string of the molecule is CCCNc1nc(-c2ccc(Br)c(Br)c2)nc2c1CSC2. The maximum absolute atomic E-state index is 4.75. The van der Waals surface area contributed by atoms with Gasteiger partial charge in [-0.15, -0.1) is 0 Å². The van der Waals surface area contributed by atoms with E-state index in [-0.39, 0.29) is 0 Å². The second-order valence-corrected chi connectivity index (χ2v) is 7.56. The topological polar surface area (TPSA) is 37.8 Å². The van der Waals surface area contributed by atoms with Gasteiger partial charge in [-0.3, -0.25) is 0 Å². The Labute approximate surface area is 145 Å². The minimum Gasteiger partial charge on any atom is -0.370 e. The molecule has 2 aromatic rings. The fraction of sp³-hybridized carbons (Fsp3) is 0.333. The number of rotatable bonds is 4. The Bertz CT molecular complexity index is 676. The van der Waals surface area contributed by atoms with Gasteiger partial charge in [0.15, 0.2) is 5.82 Å². The molecule has 1 aliphatic heterocycles. The van der Waals surface area contributed by atoms with E-state index in [1.807, 2.05) is 23.9 Å². The van der Waals surface area contributed by atoms with Crippen LogP contribution in [0.1, 0.15) is 24.6 Å². The molecule has 2 heterocycles. The van der Waals surface area contributed by atoms with E-state index in [1.165, 1.54) is 11.3 Å². The Morgan fingerprint density at radius 2 is 2.05 bits per heavy atom. The molecule has 0 aliphatic carbocycles. The molecule has 0 bridgehead atoms. The molecule has 3 rings (SSSR count). The van der Waals surface area contributed by atoms with Crippen molar-refractivity contribution in [1.82, 2.24) is 9.97 Å². The van der Waals surface area contributed by atoms with Crippen LogP contribution in [0, 0.1) is 0 Å². The van der Waals surface area contributed by atoms with E-state index in [9.17, 15) is 0 Å². The Hall–Kier alpha value is -0.590. The van der Waals surface area contributed by atoms with Gasteiger partial charge in [0, 0.05) is 38.1 Å². The lowest BCUT2D eigenvalue weighted by atomic mass is 10.2. The summed E-state index contributed by atoms with van der Waals surface area (Å²) in [5, 5.41) is 3.45. The van der Waals surface area contributed by atoms with E-state index in [0.717, 1.165) is 50.6 Å². The van der Waals surface area contributed by atoms with Crippen LogP contribution >= 0.6 is 43.6 Å². The zero-order valence-electron chi connectivity index (χ0n) is 11.6. The van der Waals surface area contributed by atoms with Crippen LogP contribution in [0.4, 0.5) is 5.82 Å². The summed E-state index contributed by atoms with van der Waals surface area (Å²) in [7, 11) is 0. The average Bonchev–Trinajstić information content (AvgIpc) is 2.96. The lowest BCUT2D eigenvalue weighted by Crippen LogP contribution is -2.08. The van der Waals surface area contributed by atoms with Crippen LogP contribution in [0.15, 0.2) is 27.1 Å². The third-order valence-electron chi connectivity index (χ3n) is 3.30. The number of thioether (sulfide) groups is 1. The molecule has 0 amide bonds. The standard InChI is InChI=1S/C15H15Br2N3S/c1-2-5-18-15-10-7-21-8-13(10)19-14(20-15)9-3-4-11(16)12(17)6-9/h3-4,6H,2,5,7-8H2,1H3,(H,18,19,20). The summed E-state index contributed by atoms with van der Waals surface area (Å²) in [6.07, 6.45) is 1.09. The van der Waals surface area contributed by atoms with Crippen molar-refractivity contribution in [1.29, 1.82) is 0 Å². The lowest BCUT2D eigenvalue weighted by molar-refractivity contribution is 0.955. The van der Waals surface area contributed by atoms with Gasteiger partial charge < -0.3 is 5.32 Å². The first kappa shape index (κ1) is 15.3. The predicted molar refractivity (Wildman–Crippen MR) is 96.6 cm³/mol. The van der Waals surface area contributed by atoms with Gasteiger partial charge in [-0.05, 0) is 56.5 Å². The van der Waals surface area contributed by atoms with Gasteiger partial charge in [0.2, 0.25) is 0 Å². The molecular formula is C15H15Br2N3S. The van der Waals surface area contributed by atoms with Crippen molar-refractivity contribution in [2.75, 3.05) is 11.9 Å². The molecule has 3 nitrogen and oxygen atoms in total. The molecule has 1 N–H and O–H groups in total. The Morgan fingerprint density at radius 1 is 1.19 bits per heavy atom. The van der Waals surface area contributed by atoms with Crippen molar-refractivity contribution in [3.63, 3.8) is 0 Å². The van der Waals surface area contributed by atoms with E-state index in [1.54, 1.807) is 0 Å². The molecule has 0 radical (unpaired) electrons. The van der Waals surface area contributed by atoms with Gasteiger partial charge in [-0.1, -0.05) is 6.92 Å². The van der Waals surface area contributed by atoms with Crippen LogP contribution in [0.25, 0.3) is 11.4 Å². The molecule has 1 aromatic carbocycles. The lowest BCUT2D eigenvalue weighted by Gasteiger charge is -2.11. The summed E-state index contributed by atoms with van der Waals surface area (Å²) in [6.45, 7) is 3.10. The van der Waals surface area contributed by atoms with E-state index in [4.69, 9.17) is 9.97 Å². The number of anilines is 1. The number of fused-ring (bicyclic) bond motifs is 1. The highest BCUT2D eigenvalue weighted by atomic mass is 79.9. The van der Waals surface area contributed by atoms with Crippen molar-refractivity contribution in [3.05, 3.63) is 38.4 Å². The molecule has 0 spiro atoms. The molecule has 1 aliphatic rings. The molecule has 110 valence electrons. The quantitative estimate of drug-likeness (QED) is 0.722. The van der Waals surface area contributed by atoms with E-state index in [2.05, 4.69) is 50.2 Å². The highest BCUT2D eigenvalue weighted by Crippen LogP contribution is 2.35. The minimum atomic E-state index is 0.794. The summed E-state index contributed by atoms with van der Waals surface area (Å²) in [5.41, 5.74) is 3.47. The first-order valence-electron chi connectivity index (χ1n) is 6.86. The first-order valence-corrected chi connectivity index (χ1v) is 9.60. The fourth-order valence-corrected chi connectivity index (χ4v) is 3.87. The maximum Gasteiger partial charge on any atom is 0.161 e. The van der Waals surface area contributed by atoms with Crippen LogP contribution in [0.3, 0.4) is 0 Å². The number of aromatic nitrogens is 2. The molecule has 0 saturated heterocycles. The summed E-state index contributed by atoms with van der Waals surface area (Å²) in [5.74, 6) is 3.78. The molecule has 0 fully saturated rings. The number of nitrogens with one attached hydrogen (secondary N) is 1. The second kappa shape index (κ2) is 6.67. The van der Waals surface area contributed by atoms with Crippen molar-refractivity contribution in [2.24, 2.45) is 0 Å². The van der Waals surface area contributed by atoms with Crippen molar-refractivity contribution < 1.29 is 0 Å². The smallest absolute Gasteiger partial charge is 0.161 e. The van der Waals surface area contributed by atoms with E-state index < -0.39 is 0 Å². The predicted octanol–water partition coefficient (Wildman–Crippen LogP) is 5.24. The molecule has 0 saturated carbocycles. The third-order valence-corrected chi connectivity index (χ3v) is 6.15. The normalized spacial score (nSPS) is 13.3. The Kier molecular flexibility index (Phi) is 4.86. The third kappa shape index (κ3) is 3.27. The molecular weight excluding hydrogens is 414 g/mol. The number of benzene rings is 1. The van der Waals surface area contributed by atoms with Gasteiger partial charge in [-0.25, -0.2) is 9.97 Å². The zero-order valence-corrected chi connectivity index (χ0v) is 15.6. The highest BCUT2D eigenvalue weighted by molar-refractivity contribution is 9.13. The van der Waals surface area contributed by atoms with Gasteiger partial charge in [0.1, 0.15) is 5.82 Å². The number of hydrogen-bond donors (Lipinski definition) is 1. The summed E-state index contributed by atoms with van der Waals surface area (Å²) in [4.78, 5) is 9.51. The van der Waals surface area contributed by atoms with Crippen LogP contribution < -0.4 is 5.32 Å². The molecule has 0 unspecified atom stereocenters. The van der Waals surface area contributed by atoms with E-state index in [0.29, 0.717) is 0 Å². The van der Waals surface area contributed by atoms with Crippen molar-refractivity contribution in [3.8, 4) is 11.4 Å². The van der Waals surface area contributed by atoms with Gasteiger partial charge in [0.05, 0.1) is 5.69 Å². The van der Waals surface area contributed by atoms with Gasteiger partial charge in [-0.2, -0.15) is 11.8 Å². The molecule has 0 atom stereocenters. The van der Waals surface area contributed by atoms with Crippen LogP contribution in [0.5, 0.6) is 0 Å². The Morgan fingerprint density at radius 3 is 2.81 bits per heavy atom. The van der Waals surface area contributed by atoms with Crippen LogP contribution in [-0.2, 0) is 11.5 Å². The largest absolute Gasteiger partial charge is 0.370 e. The van der Waals surface area contributed by atoms with Gasteiger partial charge in [0.25, 0.3) is 0 Å². The zero-order chi connectivity index (χ0) is 14.8.